The Balaban J connectivity index is 2.37. The number of hydrogen-bond acceptors (Lipinski definition) is 2. The third-order valence-electron chi connectivity index (χ3n) is 2.09. The van der Waals surface area contributed by atoms with Crippen LogP contribution in [0.2, 0.25) is 10.0 Å². The zero-order valence-corrected chi connectivity index (χ0v) is 9.29. The summed E-state index contributed by atoms with van der Waals surface area (Å²) in [6, 6.07) is 8.50. The minimum absolute atomic E-state index is 0.337. The first kappa shape index (κ1) is 10.6. The van der Waals surface area contributed by atoms with E-state index >= 15 is 0 Å². The number of benzene rings is 1. The van der Waals surface area contributed by atoms with Gasteiger partial charge in [-0.15, -0.1) is 0 Å². The standard InChI is InChI=1S/C11H9Cl2NO/c12-8-4-7(5-9(13)6-8)11(14)10-2-1-3-15-10/h1-6,11H,14H2. The molecule has 78 valence electrons. The Hall–Kier alpha value is -0.960. The van der Waals surface area contributed by atoms with Crippen LogP contribution in [-0.4, -0.2) is 0 Å². The van der Waals surface area contributed by atoms with Gasteiger partial charge in [-0.05, 0) is 35.9 Å². The predicted molar refractivity (Wildman–Crippen MR) is 61.2 cm³/mol. The summed E-state index contributed by atoms with van der Waals surface area (Å²) in [5.74, 6) is 0.688. The molecule has 0 aliphatic heterocycles. The fourth-order valence-electron chi connectivity index (χ4n) is 1.39. The molecule has 0 saturated carbocycles. The minimum atomic E-state index is -0.337. The average molecular weight is 242 g/mol. The zero-order chi connectivity index (χ0) is 10.8. The van der Waals surface area contributed by atoms with Gasteiger partial charge in [0.15, 0.2) is 0 Å². The quantitative estimate of drug-likeness (QED) is 0.873. The van der Waals surface area contributed by atoms with E-state index in [9.17, 15) is 0 Å². The molecule has 0 amide bonds. The summed E-state index contributed by atoms with van der Waals surface area (Å²) in [5.41, 5.74) is 6.82. The highest BCUT2D eigenvalue weighted by atomic mass is 35.5. The van der Waals surface area contributed by atoms with Crippen LogP contribution in [0.25, 0.3) is 0 Å². The van der Waals surface area contributed by atoms with Crippen molar-refractivity contribution < 1.29 is 4.42 Å². The second kappa shape index (κ2) is 4.27. The molecule has 2 nitrogen and oxygen atoms in total. The van der Waals surface area contributed by atoms with Crippen molar-refractivity contribution in [3.63, 3.8) is 0 Å². The predicted octanol–water partition coefficient (Wildman–Crippen LogP) is 3.63. The third-order valence-corrected chi connectivity index (χ3v) is 2.53. The third kappa shape index (κ3) is 2.34. The van der Waals surface area contributed by atoms with Gasteiger partial charge in [-0.25, -0.2) is 0 Å². The number of nitrogens with two attached hydrogens (primary N) is 1. The fourth-order valence-corrected chi connectivity index (χ4v) is 1.93. The maximum atomic E-state index is 5.99. The van der Waals surface area contributed by atoms with Crippen LogP contribution in [0.15, 0.2) is 41.0 Å². The maximum absolute atomic E-state index is 5.99. The Labute approximate surface area is 97.6 Å². The smallest absolute Gasteiger partial charge is 0.124 e. The molecule has 0 fully saturated rings. The summed E-state index contributed by atoms with van der Waals surface area (Å²) >= 11 is 11.8. The SMILES string of the molecule is NC(c1cc(Cl)cc(Cl)c1)c1ccco1. The van der Waals surface area contributed by atoms with Crippen molar-refractivity contribution in [1.82, 2.24) is 0 Å². The summed E-state index contributed by atoms with van der Waals surface area (Å²) < 4.78 is 5.22. The van der Waals surface area contributed by atoms with Gasteiger partial charge in [0.25, 0.3) is 0 Å². The molecule has 0 saturated heterocycles. The Bertz CT molecular complexity index is 433. The van der Waals surface area contributed by atoms with E-state index in [1.807, 2.05) is 6.07 Å². The van der Waals surface area contributed by atoms with Crippen molar-refractivity contribution in [2.75, 3.05) is 0 Å². The first-order chi connectivity index (χ1) is 7.16. The monoisotopic (exact) mass is 241 g/mol. The summed E-state index contributed by atoms with van der Waals surface area (Å²) in [7, 11) is 0. The molecule has 1 atom stereocenters. The van der Waals surface area contributed by atoms with Gasteiger partial charge in [0.1, 0.15) is 5.76 Å². The van der Waals surface area contributed by atoms with Crippen molar-refractivity contribution in [1.29, 1.82) is 0 Å². The molecule has 15 heavy (non-hydrogen) atoms. The number of rotatable bonds is 2. The fraction of sp³-hybridized carbons (Fsp3) is 0.0909. The van der Waals surface area contributed by atoms with Crippen LogP contribution in [0.4, 0.5) is 0 Å². The van der Waals surface area contributed by atoms with Crippen molar-refractivity contribution in [3.05, 3.63) is 58.0 Å². The Kier molecular flexibility index (Phi) is 3.00. The van der Waals surface area contributed by atoms with E-state index in [0.717, 1.165) is 5.56 Å². The van der Waals surface area contributed by atoms with Crippen LogP contribution in [0.5, 0.6) is 0 Å². The number of halogens is 2. The first-order valence-electron chi connectivity index (χ1n) is 4.42. The molecule has 2 rings (SSSR count). The van der Waals surface area contributed by atoms with E-state index < -0.39 is 0 Å². The highest BCUT2D eigenvalue weighted by Crippen LogP contribution is 2.26. The highest BCUT2D eigenvalue weighted by Gasteiger charge is 2.12. The molecule has 0 radical (unpaired) electrons. The van der Waals surface area contributed by atoms with Gasteiger partial charge in [-0.3, -0.25) is 0 Å². The lowest BCUT2D eigenvalue weighted by molar-refractivity contribution is 0.490. The molecule has 0 aliphatic rings. The Morgan fingerprint density at radius 2 is 1.80 bits per heavy atom. The van der Waals surface area contributed by atoms with Crippen LogP contribution in [0.3, 0.4) is 0 Å². The van der Waals surface area contributed by atoms with E-state index in [4.69, 9.17) is 33.4 Å². The molecule has 2 N–H and O–H groups in total. The normalized spacial score (nSPS) is 12.7. The Morgan fingerprint density at radius 1 is 1.13 bits per heavy atom. The van der Waals surface area contributed by atoms with Gasteiger partial charge in [-0.2, -0.15) is 0 Å². The van der Waals surface area contributed by atoms with Crippen LogP contribution in [0, 0.1) is 0 Å². The molecule has 1 unspecified atom stereocenters. The largest absolute Gasteiger partial charge is 0.467 e. The van der Waals surface area contributed by atoms with E-state index in [-0.39, 0.29) is 6.04 Å². The van der Waals surface area contributed by atoms with E-state index in [1.165, 1.54) is 0 Å². The molecule has 4 heteroatoms. The zero-order valence-electron chi connectivity index (χ0n) is 7.78. The molecule has 2 aromatic rings. The van der Waals surface area contributed by atoms with Gasteiger partial charge >= 0.3 is 0 Å². The second-order valence-electron chi connectivity index (χ2n) is 3.20. The molecule has 0 bridgehead atoms. The molecular weight excluding hydrogens is 233 g/mol. The average Bonchev–Trinajstić information content (AvgIpc) is 2.67. The first-order valence-corrected chi connectivity index (χ1v) is 5.17. The van der Waals surface area contributed by atoms with Crippen molar-refractivity contribution in [2.24, 2.45) is 5.73 Å². The van der Waals surface area contributed by atoms with Crippen LogP contribution in [-0.2, 0) is 0 Å². The van der Waals surface area contributed by atoms with Crippen molar-refractivity contribution >= 4 is 23.2 Å². The summed E-state index contributed by atoms with van der Waals surface area (Å²) in [4.78, 5) is 0. The minimum Gasteiger partial charge on any atom is -0.467 e. The number of hydrogen-bond donors (Lipinski definition) is 1. The lowest BCUT2D eigenvalue weighted by atomic mass is 10.1. The highest BCUT2D eigenvalue weighted by molar-refractivity contribution is 6.34. The van der Waals surface area contributed by atoms with Crippen molar-refractivity contribution in [2.45, 2.75) is 6.04 Å². The van der Waals surface area contributed by atoms with Crippen LogP contribution < -0.4 is 5.73 Å². The lowest BCUT2D eigenvalue weighted by Gasteiger charge is -2.09. The second-order valence-corrected chi connectivity index (χ2v) is 4.07. The Morgan fingerprint density at radius 3 is 2.33 bits per heavy atom. The van der Waals surface area contributed by atoms with E-state index in [1.54, 1.807) is 30.5 Å². The maximum Gasteiger partial charge on any atom is 0.124 e. The van der Waals surface area contributed by atoms with Crippen LogP contribution >= 0.6 is 23.2 Å². The van der Waals surface area contributed by atoms with E-state index in [2.05, 4.69) is 0 Å². The molecule has 1 aromatic carbocycles. The molecule has 1 heterocycles. The summed E-state index contributed by atoms with van der Waals surface area (Å²) in [6.45, 7) is 0. The number of furan rings is 1. The van der Waals surface area contributed by atoms with E-state index in [0.29, 0.717) is 15.8 Å². The van der Waals surface area contributed by atoms with Gasteiger partial charge in [-0.1, -0.05) is 23.2 Å². The van der Waals surface area contributed by atoms with Gasteiger partial charge in [0, 0.05) is 10.0 Å². The molecule has 1 aromatic heterocycles. The molecular formula is C11H9Cl2NO. The van der Waals surface area contributed by atoms with Gasteiger partial charge < -0.3 is 10.2 Å². The summed E-state index contributed by atoms with van der Waals surface area (Å²) in [5, 5.41) is 1.14. The van der Waals surface area contributed by atoms with Crippen LogP contribution in [0.1, 0.15) is 17.4 Å². The lowest BCUT2D eigenvalue weighted by Crippen LogP contribution is -2.10. The van der Waals surface area contributed by atoms with Crippen molar-refractivity contribution in [3.8, 4) is 0 Å². The van der Waals surface area contributed by atoms with Gasteiger partial charge in [0.2, 0.25) is 0 Å². The summed E-state index contributed by atoms with van der Waals surface area (Å²) in [6.07, 6.45) is 1.58. The molecule has 0 aliphatic carbocycles. The van der Waals surface area contributed by atoms with Gasteiger partial charge in [0.05, 0.1) is 12.3 Å². The molecule has 0 spiro atoms. The topological polar surface area (TPSA) is 39.2 Å².